The average molecular weight is 263 g/mol. The molecule has 0 fully saturated rings. The van der Waals surface area contributed by atoms with Crippen LogP contribution < -0.4 is 5.32 Å². The minimum Gasteiger partial charge on any atom is -0.377 e. The van der Waals surface area contributed by atoms with Crippen molar-refractivity contribution in [3.8, 4) is 6.07 Å². The van der Waals surface area contributed by atoms with Crippen LogP contribution in [0.15, 0.2) is 18.2 Å². The Balaban J connectivity index is 2.93. The van der Waals surface area contributed by atoms with Gasteiger partial charge in [-0.2, -0.15) is 5.26 Å². The first-order valence-corrected chi connectivity index (χ1v) is 5.96. The Kier molecular flexibility index (Phi) is 4.84. The Bertz CT molecular complexity index is 506. The van der Waals surface area contributed by atoms with Gasteiger partial charge < -0.3 is 10.1 Å². The zero-order chi connectivity index (χ0) is 14.5. The molecule has 6 nitrogen and oxygen atoms in total. The number of benzene rings is 1. The van der Waals surface area contributed by atoms with Crippen LogP contribution in [0, 0.1) is 21.4 Å². The smallest absolute Gasteiger partial charge is 0.292 e. The van der Waals surface area contributed by atoms with Crippen LogP contribution in [0.3, 0.4) is 0 Å². The molecule has 1 rings (SSSR count). The first-order valence-electron chi connectivity index (χ1n) is 5.96. The van der Waals surface area contributed by atoms with E-state index in [2.05, 4.69) is 5.32 Å². The maximum absolute atomic E-state index is 10.9. The molecule has 0 unspecified atom stereocenters. The van der Waals surface area contributed by atoms with Gasteiger partial charge in [-0.3, -0.25) is 10.1 Å². The quantitative estimate of drug-likeness (QED) is 0.629. The van der Waals surface area contributed by atoms with E-state index in [-0.39, 0.29) is 5.69 Å². The van der Waals surface area contributed by atoms with Crippen molar-refractivity contribution in [1.29, 1.82) is 5.26 Å². The predicted octanol–water partition coefficient (Wildman–Crippen LogP) is 2.69. The number of rotatable bonds is 6. The fraction of sp³-hybridized carbons (Fsp3) is 0.462. The molecule has 0 radical (unpaired) electrons. The third-order valence-electron chi connectivity index (χ3n) is 2.56. The minimum absolute atomic E-state index is 0.0497. The lowest BCUT2D eigenvalue weighted by atomic mass is 10.1. The largest absolute Gasteiger partial charge is 0.377 e. The molecule has 1 aromatic carbocycles. The van der Waals surface area contributed by atoms with Crippen molar-refractivity contribution in [3.63, 3.8) is 0 Å². The van der Waals surface area contributed by atoms with Crippen molar-refractivity contribution >= 4 is 11.4 Å². The molecule has 0 bridgehead atoms. The van der Waals surface area contributed by atoms with Gasteiger partial charge in [-0.05, 0) is 32.9 Å². The highest BCUT2D eigenvalue weighted by molar-refractivity contribution is 5.64. The number of nitriles is 1. The summed E-state index contributed by atoms with van der Waals surface area (Å²) in [6.07, 6.45) is 0. The summed E-state index contributed by atoms with van der Waals surface area (Å²) in [6, 6.07) is 6.19. The van der Waals surface area contributed by atoms with E-state index >= 15 is 0 Å². The molecule has 0 heterocycles. The minimum atomic E-state index is -0.475. The van der Waals surface area contributed by atoms with Crippen LogP contribution in [-0.4, -0.2) is 23.7 Å². The summed E-state index contributed by atoms with van der Waals surface area (Å²) in [6.45, 7) is 6.65. The predicted molar refractivity (Wildman–Crippen MR) is 72.0 cm³/mol. The number of hydrogen-bond acceptors (Lipinski definition) is 5. The Morgan fingerprint density at radius 2 is 2.21 bits per heavy atom. The van der Waals surface area contributed by atoms with E-state index in [1.54, 1.807) is 0 Å². The highest BCUT2D eigenvalue weighted by atomic mass is 16.6. The van der Waals surface area contributed by atoms with Gasteiger partial charge in [0.2, 0.25) is 0 Å². The van der Waals surface area contributed by atoms with Crippen LogP contribution in [0.5, 0.6) is 0 Å². The fourth-order valence-electron chi connectivity index (χ4n) is 1.66. The summed E-state index contributed by atoms with van der Waals surface area (Å²) >= 11 is 0. The van der Waals surface area contributed by atoms with Gasteiger partial charge >= 0.3 is 0 Å². The third kappa shape index (κ3) is 4.23. The highest BCUT2D eigenvalue weighted by Gasteiger charge is 2.20. The number of anilines is 1. The molecule has 0 aliphatic rings. The summed E-state index contributed by atoms with van der Waals surface area (Å²) in [4.78, 5) is 10.4. The van der Waals surface area contributed by atoms with Crippen LogP contribution >= 0.6 is 0 Å². The van der Waals surface area contributed by atoms with E-state index in [0.717, 1.165) is 0 Å². The van der Waals surface area contributed by atoms with Crippen molar-refractivity contribution in [2.24, 2.45) is 0 Å². The number of nitro benzene ring substituents is 1. The van der Waals surface area contributed by atoms with Gasteiger partial charge in [-0.15, -0.1) is 0 Å². The van der Waals surface area contributed by atoms with E-state index in [4.69, 9.17) is 10.00 Å². The number of nitro groups is 1. The number of nitrogens with one attached hydrogen (secondary N) is 1. The summed E-state index contributed by atoms with van der Waals surface area (Å²) in [5.74, 6) is 0. The van der Waals surface area contributed by atoms with E-state index < -0.39 is 10.5 Å². The van der Waals surface area contributed by atoms with Gasteiger partial charge in [0.05, 0.1) is 22.2 Å². The van der Waals surface area contributed by atoms with Gasteiger partial charge in [-0.25, -0.2) is 0 Å². The second kappa shape index (κ2) is 6.16. The summed E-state index contributed by atoms with van der Waals surface area (Å²) in [5, 5.41) is 22.7. The van der Waals surface area contributed by atoms with Crippen molar-refractivity contribution in [1.82, 2.24) is 0 Å². The molecule has 19 heavy (non-hydrogen) atoms. The maximum Gasteiger partial charge on any atom is 0.292 e. The van der Waals surface area contributed by atoms with Crippen molar-refractivity contribution < 1.29 is 9.66 Å². The molecule has 1 N–H and O–H groups in total. The molecule has 0 spiro atoms. The van der Waals surface area contributed by atoms with Crippen LogP contribution in [0.25, 0.3) is 0 Å². The maximum atomic E-state index is 10.9. The standard InChI is InChI=1S/C13H17N3O3/c1-4-19-13(2,3)9-15-11-7-10(8-14)5-6-12(11)16(17)18/h5-7,15H,4,9H2,1-3H3. The normalized spacial score (nSPS) is 10.8. The molecular weight excluding hydrogens is 246 g/mol. The third-order valence-corrected chi connectivity index (χ3v) is 2.56. The number of ether oxygens (including phenoxy) is 1. The van der Waals surface area contributed by atoms with Crippen molar-refractivity contribution in [2.75, 3.05) is 18.5 Å². The molecule has 102 valence electrons. The number of hydrogen-bond donors (Lipinski definition) is 1. The Labute approximate surface area is 112 Å². The Hall–Kier alpha value is -2.13. The van der Waals surface area contributed by atoms with Gasteiger partial charge in [0, 0.05) is 19.2 Å². The molecule has 0 atom stereocenters. The Morgan fingerprint density at radius 1 is 1.53 bits per heavy atom. The monoisotopic (exact) mass is 263 g/mol. The van der Waals surface area contributed by atoms with Crippen molar-refractivity contribution in [2.45, 2.75) is 26.4 Å². The van der Waals surface area contributed by atoms with E-state index in [1.165, 1.54) is 18.2 Å². The first-order chi connectivity index (χ1) is 8.89. The second-order valence-corrected chi connectivity index (χ2v) is 4.65. The zero-order valence-corrected chi connectivity index (χ0v) is 11.3. The molecule has 0 aliphatic carbocycles. The molecule has 6 heteroatoms. The van der Waals surface area contributed by atoms with Crippen LogP contribution in [0.2, 0.25) is 0 Å². The summed E-state index contributed by atoms with van der Waals surface area (Å²) < 4.78 is 5.51. The summed E-state index contributed by atoms with van der Waals surface area (Å²) in [7, 11) is 0. The van der Waals surface area contributed by atoms with E-state index in [1.807, 2.05) is 26.8 Å². The molecule has 0 aromatic heterocycles. The van der Waals surface area contributed by atoms with Crippen molar-refractivity contribution in [3.05, 3.63) is 33.9 Å². The zero-order valence-electron chi connectivity index (χ0n) is 11.3. The van der Waals surface area contributed by atoms with Crippen LogP contribution in [0.4, 0.5) is 11.4 Å². The molecule has 0 saturated carbocycles. The molecule has 1 aromatic rings. The van der Waals surface area contributed by atoms with Gasteiger partial charge in [0.1, 0.15) is 5.69 Å². The van der Waals surface area contributed by atoms with Gasteiger partial charge in [0.25, 0.3) is 5.69 Å². The van der Waals surface area contributed by atoms with E-state index in [0.29, 0.717) is 24.4 Å². The molecular formula is C13H17N3O3. The highest BCUT2D eigenvalue weighted by Crippen LogP contribution is 2.26. The second-order valence-electron chi connectivity index (χ2n) is 4.65. The average Bonchev–Trinajstić information content (AvgIpc) is 2.35. The molecule has 0 amide bonds. The van der Waals surface area contributed by atoms with E-state index in [9.17, 15) is 10.1 Å². The van der Waals surface area contributed by atoms with Crippen LogP contribution in [0.1, 0.15) is 26.3 Å². The fourth-order valence-corrected chi connectivity index (χ4v) is 1.66. The van der Waals surface area contributed by atoms with Gasteiger partial charge in [-0.1, -0.05) is 0 Å². The lowest BCUT2D eigenvalue weighted by Crippen LogP contribution is -2.33. The number of nitrogens with zero attached hydrogens (tertiary/aromatic N) is 2. The molecule has 0 aliphatic heterocycles. The van der Waals surface area contributed by atoms with Crippen LogP contribution in [-0.2, 0) is 4.74 Å². The summed E-state index contributed by atoms with van der Waals surface area (Å²) in [5.41, 5.74) is 0.219. The van der Waals surface area contributed by atoms with Gasteiger partial charge in [0.15, 0.2) is 0 Å². The Morgan fingerprint density at radius 3 is 2.74 bits per heavy atom. The topological polar surface area (TPSA) is 88.2 Å². The molecule has 0 saturated heterocycles. The lowest BCUT2D eigenvalue weighted by molar-refractivity contribution is -0.384. The SMILES string of the molecule is CCOC(C)(C)CNc1cc(C#N)ccc1[N+](=O)[O-]. The first kappa shape index (κ1) is 14.9. The lowest BCUT2D eigenvalue weighted by Gasteiger charge is -2.25.